The quantitative estimate of drug-likeness (QED) is 0.824. The topological polar surface area (TPSA) is 49.6 Å². The highest BCUT2D eigenvalue weighted by Crippen LogP contribution is 2.17. The van der Waals surface area contributed by atoms with Crippen molar-refractivity contribution < 1.29 is 18.0 Å². The van der Waals surface area contributed by atoms with Gasteiger partial charge in [0.25, 0.3) is 0 Å². The maximum atomic E-state index is 12.2. The third-order valence-corrected chi connectivity index (χ3v) is 3.18. The van der Waals surface area contributed by atoms with Crippen LogP contribution in [0.1, 0.15) is 26.2 Å². The molecule has 0 aromatic rings. The van der Waals surface area contributed by atoms with Gasteiger partial charge in [0, 0.05) is 38.6 Å². The second-order valence-corrected chi connectivity index (χ2v) is 5.14. The first kappa shape index (κ1) is 16.2. The average molecular weight is 281 g/mol. The van der Waals surface area contributed by atoms with Crippen molar-refractivity contribution >= 4 is 5.91 Å². The Bertz CT molecular complexity index is 286. The van der Waals surface area contributed by atoms with Crippen LogP contribution in [0.15, 0.2) is 0 Å². The van der Waals surface area contributed by atoms with Crippen molar-refractivity contribution in [1.82, 2.24) is 9.80 Å². The van der Waals surface area contributed by atoms with Crippen LogP contribution >= 0.6 is 0 Å². The molecular weight excluding hydrogens is 259 g/mol. The van der Waals surface area contributed by atoms with Crippen molar-refractivity contribution in [3.05, 3.63) is 0 Å². The average Bonchev–Trinajstić information content (AvgIpc) is 2.27. The van der Waals surface area contributed by atoms with Gasteiger partial charge >= 0.3 is 6.18 Å². The zero-order chi connectivity index (χ0) is 14.5. The lowest BCUT2D eigenvalue weighted by Crippen LogP contribution is -2.50. The minimum absolute atomic E-state index is 0.0207. The summed E-state index contributed by atoms with van der Waals surface area (Å²) in [6, 6.07) is 0.0800. The highest BCUT2D eigenvalue weighted by Gasteiger charge is 2.32. The molecule has 7 heteroatoms. The molecule has 1 saturated heterocycles. The molecule has 0 radical (unpaired) electrons. The highest BCUT2D eigenvalue weighted by molar-refractivity contribution is 5.76. The van der Waals surface area contributed by atoms with Crippen molar-refractivity contribution in [2.75, 3.05) is 32.7 Å². The van der Waals surface area contributed by atoms with Crippen molar-refractivity contribution in [3.63, 3.8) is 0 Å². The SMILES string of the molecule is CC(N)CCCC(=O)N1CCN(CC(F)(F)F)CC1. The molecule has 1 heterocycles. The van der Waals surface area contributed by atoms with Gasteiger partial charge < -0.3 is 10.6 Å². The van der Waals surface area contributed by atoms with Gasteiger partial charge in [0.05, 0.1) is 6.54 Å². The minimum atomic E-state index is -4.16. The number of carbonyl (C=O) groups is 1. The zero-order valence-corrected chi connectivity index (χ0v) is 11.2. The number of halogens is 3. The van der Waals surface area contributed by atoms with Crippen LogP contribution in [-0.4, -0.2) is 60.6 Å². The van der Waals surface area contributed by atoms with Gasteiger partial charge in [0.15, 0.2) is 0 Å². The van der Waals surface area contributed by atoms with Crippen molar-refractivity contribution in [1.29, 1.82) is 0 Å². The zero-order valence-electron chi connectivity index (χ0n) is 11.2. The molecule has 0 aliphatic carbocycles. The summed E-state index contributed by atoms with van der Waals surface area (Å²) in [5.74, 6) is 0.0207. The summed E-state index contributed by atoms with van der Waals surface area (Å²) in [4.78, 5) is 14.8. The van der Waals surface area contributed by atoms with Gasteiger partial charge in [-0.25, -0.2) is 0 Å². The first-order valence-electron chi connectivity index (χ1n) is 6.60. The standard InChI is InChI=1S/C12H22F3N3O/c1-10(16)3-2-4-11(19)18-7-5-17(6-8-18)9-12(13,14)15/h10H,2-9,16H2,1H3. The molecule has 0 spiro atoms. The molecule has 0 aromatic heterocycles. The second kappa shape index (κ2) is 7.09. The van der Waals surface area contributed by atoms with Gasteiger partial charge in [-0.05, 0) is 19.8 Å². The molecule has 1 atom stereocenters. The first-order valence-corrected chi connectivity index (χ1v) is 6.60. The summed E-state index contributed by atoms with van der Waals surface area (Å²) in [6.45, 7) is 2.34. The maximum absolute atomic E-state index is 12.2. The Hall–Kier alpha value is -0.820. The molecule has 112 valence electrons. The van der Waals surface area contributed by atoms with Crippen LogP contribution in [0.5, 0.6) is 0 Å². The molecule has 0 bridgehead atoms. The van der Waals surface area contributed by atoms with E-state index in [0.717, 1.165) is 12.8 Å². The first-order chi connectivity index (χ1) is 8.78. The number of alkyl halides is 3. The predicted octanol–water partition coefficient (Wildman–Crippen LogP) is 1.21. The third kappa shape index (κ3) is 6.77. The van der Waals surface area contributed by atoms with Crippen LogP contribution in [0.4, 0.5) is 13.2 Å². The van der Waals surface area contributed by atoms with E-state index in [1.54, 1.807) is 4.90 Å². The summed E-state index contributed by atoms with van der Waals surface area (Å²) in [6.07, 6.45) is -2.21. The second-order valence-electron chi connectivity index (χ2n) is 5.14. The Kier molecular flexibility index (Phi) is 6.06. The van der Waals surface area contributed by atoms with Gasteiger partial charge in [-0.2, -0.15) is 13.2 Å². The van der Waals surface area contributed by atoms with Crippen LogP contribution in [0.2, 0.25) is 0 Å². The molecule has 1 unspecified atom stereocenters. The Morgan fingerprint density at radius 2 is 1.84 bits per heavy atom. The number of amides is 1. The van der Waals surface area contributed by atoms with E-state index in [2.05, 4.69) is 0 Å². The lowest BCUT2D eigenvalue weighted by molar-refractivity contribution is -0.151. The van der Waals surface area contributed by atoms with Gasteiger partial charge in [-0.15, -0.1) is 0 Å². The monoisotopic (exact) mass is 281 g/mol. The number of hydrogen-bond acceptors (Lipinski definition) is 3. The lowest BCUT2D eigenvalue weighted by atomic mass is 10.1. The van der Waals surface area contributed by atoms with E-state index in [1.165, 1.54) is 4.90 Å². The van der Waals surface area contributed by atoms with E-state index in [4.69, 9.17) is 5.73 Å². The fourth-order valence-electron chi connectivity index (χ4n) is 2.14. The number of nitrogens with zero attached hydrogens (tertiary/aromatic N) is 2. The molecule has 1 aliphatic heterocycles. The van der Waals surface area contributed by atoms with Crippen molar-refractivity contribution in [3.8, 4) is 0 Å². The van der Waals surface area contributed by atoms with Crippen LogP contribution in [0, 0.1) is 0 Å². The molecular formula is C12H22F3N3O. The van der Waals surface area contributed by atoms with E-state index in [1.807, 2.05) is 6.92 Å². The van der Waals surface area contributed by atoms with Gasteiger partial charge in [-0.3, -0.25) is 9.69 Å². The predicted molar refractivity (Wildman–Crippen MR) is 66.6 cm³/mol. The van der Waals surface area contributed by atoms with E-state index < -0.39 is 12.7 Å². The van der Waals surface area contributed by atoms with Crippen LogP contribution in [-0.2, 0) is 4.79 Å². The summed E-state index contributed by atoms with van der Waals surface area (Å²) < 4.78 is 36.6. The van der Waals surface area contributed by atoms with E-state index in [0.29, 0.717) is 32.6 Å². The number of nitrogens with two attached hydrogens (primary N) is 1. The molecule has 1 amide bonds. The molecule has 2 N–H and O–H groups in total. The molecule has 0 saturated carbocycles. The number of rotatable bonds is 5. The van der Waals surface area contributed by atoms with Crippen LogP contribution in [0.3, 0.4) is 0 Å². The van der Waals surface area contributed by atoms with E-state index >= 15 is 0 Å². The Balaban J connectivity index is 2.23. The van der Waals surface area contributed by atoms with Crippen molar-refractivity contribution in [2.45, 2.75) is 38.4 Å². The van der Waals surface area contributed by atoms with E-state index in [9.17, 15) is 18.0 Å². The molecule has 1 rings (SSSR count). The summed E-state index contributed by atoms with van der Waals surface area (Å²) >= 11 is 0. The number of piperazine rings is 1. The number of carbonyl (C=O) groups excluding carboxylic acids is 1. The van der Waals surface area contributed by atoms with Gasteiger partial charge in [0.1, 0.15) is 0 Å². The maximum Gasteiger partial charge on any atom is 0.401 e. The minimum Gasteiger partial charge on any atom is -0.340 e. The van der Waals surface area contributed by atoms with Gasteiger partial charge in [0.2, 0.25) is 5.91 Å². The molecule has 1 aliphatic rings. The third-order valence-electron chi connectivity index (χ3n) is 3.18. The summed E-state index contributed by atoms with van der Waals surface area (Å²) in [5, 5.41) is 0. The van der Waals surface area contributed by atoms with Crippen molar-refractivity contribution in [2.24, 2.45) is 5.73 Å². The summed E-state index contributed by atoms with van der Waals surface area (Å²) in [5.41, 5.74) is 5.60. The van der Waals surface area contributed by atoms with Crippen LogP contribution < -0.4 is 5.73 Å². The lowest BCUT2D eigenvalue weighted by Gasteiger charge is -2.35. The number of hydrogen-bond donors (Lipinski definition) is 1. The molecule has 4 nitrogen and oxygen atoms in total. The summed E-state index contributed by atoms with van der Waals surface area (Å²) in [7, 11) is 0. The van der Waals surface area contributed by atoms with Gasteiger partial charge in [-0.1, -0.05) is 0 Å². The largest absolute Gasteiger partial charge is 0.401 e. The van der Waals surface area contributed by atoms with E-state index in [-0.39, 0.29) is 11.9 Å². The van der Waals surface area contributed by atoms with Crippen LogP contribution in [0.25, 0.3) is 0 Å². The molecule has 0 aromatic carbocycles. The Morgan fingerprint density at radius 1 is 1.26 bits per heavy atom. The Labute approximate surface area is 111 Å². The normalized spacial score (nSPS) is 19.5. The fraction of sp³-hybridized carbons (Fsp3) is 0.917. The fourth-order valence-corrected chi connectivity index (χ4v) is 2.14. The molecule has 19 heavy (non-hydrogen) atoms. The smallest absolute Gasteiger partial charge is 0.340 e. The Morgan fingerprint density at radius 3 is 2.32 bits per heavy atom. The highest BCUT2D eigenvalue weighted by atomic mass is 19.4. The molecule has 1 fully saturated rings.